The Balaban J connectivity index is 1.44. The molecule has 0 saturated heterocycles. The second-order valence-corrected chi connectivity index (χ2v) is 5.57. The van der Waals surface area contributed by atoms with Gasteiger partial charge < -0.3 is 14.2 Å². The van der Waals surface area contributed by atoms with E-state index in [2.05, 4.69) is 9.97 Å². The highest BCUT2D eigenvalue weighted by molar-refractivity contribution is 5.44. The van der Waals surface area contributed by atoms with Gasteiger partial charge in [0.15, 0.2) is 17.3 Å². The van der Waals surface area contributed by atoms with E-state index in [0.29, 0.717) is 30.4 Å². The molecule has 1 aromatic carbocycles. The molecule has 0 N–H and O–H groups in total. The molecule has 0 atom stereocenters. The van der Waals surface area contributed by atoms with Gasteiger partial charge in [-0.15, -0.1) is 0 Å². The second kappa shape index (κ2) is 5.44. The zero-order valence-electron chi connectivity index (χ0n) is 11.9. The fraction of sp³-hybridized carbons (Fsp3) is 0.375. The lowest BCUT2D eigenvalue weighted by Gasteiger charge is -2.07. The van der Waals surface area contributed by atoms with Crippen LogP contribution in [0.5, 0.6) is 17.5 Å². The number of nitrogens with zero attached hydrogens (tertiary/aromatic N) is 2. The van der Waals surface area contributed by atoms with Gasteiger partial charge in [0.05, 0.1) is 11.9 Å². The van der Waals surface area contributed by atoms with Crippen LogP contribution >= 0.6 is 0 Å². The van der Waals surface area contributed by atoms with Gasteiger partial charge in [0.1, 0.15) is 6.61 Å². The third-order valence-electron chi connectivity index (χ3n) is 3.78. The van der Waals surface area contributed by atoms with Crippen molar-refractivity contribution in [2.45, 2.75) is 25.9 Å². The van der Waals surface area contributed by atoms with Crippen LogP contribution in [0.3, 0.4) is 0 Å². The summed E-state index contributed by atoms with van der Waals surface area (Å²) in [7, 11) is 0. The molecule has 1 fully saturated rings. The molecule has 1 aliphatic carbocycles. The van der Waals surface area contributed by atoms with Crippen molar-refractivity contribution in [3.05, 3.63) is 41.5 Å². The first kappa shape index (κ1) is 13.3. The monoisotopic (exact) mass is 302 g/mol. The van der Waals surface area contributed by atoms with E-state index in [0.717, 1.165) is 24.2 Å². The van der Waals surface area contributed by atoms with Gasteiger partial charge in [-0.25, -0.2) is 9.37 Å². The molecule has 6 heteroatoms. The molecule has 0 bridgehead atoms. The number of fused-ring (bicyclic) bond motifs is 1. The molecule has 0 amide bonds. The maximum absolute atomic E-state index is 13.7. The van der Waals surface area contributed by atoms with Crippen LogP contribution in [0.2, 0.25) is 0 Å². The maximum atomic E-state index is 13.7. The van der Waals surface area contributed by atoms with Crippen LogP contribution in [0.4, 0.5) is 4.39 Å². The fourth-order valence-corrected chi connectivity index (χ4v) is 2.37. The summed E-state index contributed by atoms with van der Waals surface area (Å²) in [5.41, 5.74) is 1.36. The normalized spacial score (nSPS) is 15.9. The van der Waals surface area contributed by atoms with E-state index in [1.54, 1.807) is 0 Å². The third kappa shape index (κ3) is 2.81. The van der Waals surface area contributed by atoms with Crippen LogP contribution in [0.15, 0.2) is 24.4 Å². The third-order valence-corrected chi connectivity index (χ3v) is 3.78. The zero-order chi connectivity index (χ0) is 14.9. The summed E-state index contributed by atoms with van der Waals surface area (Å²) < 4.78 is 29.8. The average Bonchev–Trinajstić information content (AvgIpc) is 3.22. The summed E-state index contributed by atoms with van der Waals surface area (Å²) in [6.07, 6.45) is 4.14. The lowest BCUT2D eigenvalue weighted by atomic mass is 10.2. The summed E-state index contributed by atoms with van der Waals surface area (Å²) in [5, 5.41) is 0. The van der Waals surface area contributed by atoms with Crippen molar-refractivity contribution < 1.29 is 18.6 Å². The Morgan fingerprint density at radius 1 is 1.23 bits per heavy atom. The molecule has 0 radical (unpaired) electrons. The largest absolute Gasteiger partial charge is 0.459 e. The topological polar surface area (TPSA) is 53.5 Å². The molecule has 1 saturated carbocycles. The highest BCUT2D eigenvalue weighted by Gasteiger charge is 2.24. The number of aromatic nitrogens is 2. The van der Waals surface area contributed by atoms with Gasteiger partial charge in [-0.05, 0) is 42.9 Å². The molecule has 0 unspecified atom stereocenters. The quantitative estimate of drug-likeness (QED) is 0.850. The van der Waals surface area contributed by atoms with Crippen LogP contribution < -0.4 is 14.2 Å². The highest BCUT2D eigenvalue weighted by Crippen LogP contribution is 2.33. The van der Waals surface area contributed by atoms with E-state index in [-0.39, 0.29) is 18.6 Å². The minimum atomic E-state index is -0.359. The van der Waals surface area contributed by atoms with Crippen LogP contribution in [0.1, 0.15) is 24.1 Å². The van der Waals surface area contributed by atoms with Crippen LogP contribution in [-0.2, 0) is 13.0 Å². The molecule has 22 heavy (non-hydrogen) atoms. The fourth-order valence-electron chi connectivity index (χ4n) is 2.37. The molecule has 1 aromatic heterocycles. The Hall–Kier alpha value is -2.37. The molecule has 5 nitrogen and oxygen atoms in total. The van der Waals surface area contributed by atoms with E-state index < -0.39 is 0 Å². The number of hydrogen-bond donors (Lipinski definition) is 0. The van der Waals surface area contributed by atoms with Gasteiger partial charge in [0.2, 0.25) is 6.79 Å². The van der Waals surface area contributed by atoms with Gasteiger partial charge in [-0.1, -0.05) is 6.07 Å². The lowest BCUT2D eigenvalue weighted by Crippen LogP contribution is -2.04. The Labute approximate surface area is 127 Å². The maximum Gasteiger partial charge on any atom is 0.317 e. The Bertz CT molecular complexity index is 704. The van der Waals surface area contributed by atoms with Crippen molar-refractivity contribution in [1.29, 1.82) is 0 Å². The molecule has 2 aliphatic rings. The van der Waals surface area contributed by atoms with E-state index in [1.807, 2.05) is 18.2 Å². The van der Waals surface area contributed by atoms with Crippen molar-refractivity contribution in [1.82, 2.24) is 9.97 Å². The van der Waals surface area contributed by atoms with E-state index in [9.17, 15) is 4.39 Å². The van der Waals surface area contributed by atoms with Gasteiger partial charge in [0.25, 0.3) is 0 Å². The number of halogens is 1. The van der Waals surface area contributed by atoms with Gasteiger partial charge >= 0.3 is 6.01 Å². The SMILES string of the molecule is Fc1cnc(OCc2ccc3c(c2)OCO3)nc1CC1CC1. The first-order valence-electron chi connectivity index (χ1n) is 7.30. The number of ether oxygens (including phenoxy) is 3. The summed E-state index contributed by atoms with van der Waals surface area (Å²) in [4.78, 5) is 8.07. The molecule has 4 rings (SSSR count). The minimum absolute atomic E-state index is 0.203. The molecule has 2 aromatic rings. The number of rotatable bonds is 5. The minimum Gasteiger partial charge on any atom is -0.459 e. The highest BCUT2D eigenvalue weighted by atomic mass is 19.1. The molecule has 114 valence electrons. The zero-order valence-corrected chi connectivity index (χ0v) is 11.9. The van der Waals surface area contributed by atoms with Gasteiger partial charge in [0, 0.05) is 0 Å². The Morgan fingerprint density at radius 3 is 2.95 bits per heavy atom. The van der Waals surface area contributed by atoms with Crippen molar-refractivity contribution in [2.75, 3.05) is 6.79 Å². The predicted octanol–water partition coefficient (Wildman–Crippen LogP) is 2.88. The van der Waals surface area contributed by atoms with Crippen molar-refractivity contribution in [3.63, 3.8) is 0 Å². The van der Waals surface area contributed by atoms with E-state index in [4.69, 9.17) is 14.2 Å². The standard InChI is InChI=1S/C16H15FN2O3/c17-12-7-18-16(19-13(12)5-10-1-2-10)20-8-11-3-4-14-15(6-11)22-9-21-14/h3-4,6-7,10H,1-2,5,8-9H2. The lowest BCUT2D eigenvalue weighted by molar-refractivity contribution is 0.174. The van der Waals surface area contributed by atoms with E-state index >= 15 is 0 Å². The summed E-state index contributed by atoms with van der Waals surface area (Å²) in [6.45, 7) is 0.538. The van der Waals surface area contributed by atoms with E-state index in [1.165, 1.54) is 6.20 Å². The first-order chi connectivity index (χ1) is 10.8. The van der Waals surface area contributed by atoms with Crippen molar-refractivity contribution in [2.24, 2.45) is 5.92 Å². The number of benzene rings is 1. The molecular weight excluding hydrogens is 287 g/mol. The number of hydrogen-bond acceptors (Lipinski definition) is 5. The summed E-state index contributed by atoms with van der Waals surface area (Å²) >= 11 is 0. The Morgan fingerprint density at radius 2 is 2.09 bits per heavy atom. The second-order valence-electron chi connectivity index (χ2n) is 5.57. The predicted molar refractivity (Wildman–Crippen MR) is 75.3 cm³/mol. The van der Waals surface area contributed by atoms with Crippen LogP contribution in [-0.4, -0.2) is 16.8 Å². The average molecular weight is 302 g/mol. The van der Waals surface area contributed by atoms with Crippen molar-refractivity contribution >= 4 is 0 Å². The molecule has 1 aliphatic heterocycles. The smallest absolute Gasteiger partial charge is 0.317 e. The van der Waals surface area contributed by atoms with Gasteiger partial charge in [-0.3, -0.25) is 0 Å². The molecule has 2 heterocycles. The van der Waals surface area contributed by atoms with Crippen molar-refractivity contribution in [3.8, 4) is 17.5 Å². The summed E-state index contributed by atoms with van der Waals surface area (Å²) in [6, 6.07) is 5.79. The van der Waals surface area contributed by atoms with Gasteiger partial charge in [-0.2, -0.15) is 4.98 Å². The van der Waals surface area contributed by atoms with Crippen LogP contribution in [0.25, 0.3) is 0 Å². The molecule has 0 spiro atoms. The summed E-state index contributed by atoms with van der Waals surface area (Å²) in [5.74, 6) is 1.64. The van der Waals surface area contributed by atoms with Crippen LogP contribution in [0, 0.1) is 11.7 Å². The Kier molecular flexibility index (Phi) is 3.29. The first-order valence-corrected chi connectivity index (χ1v) is 7.30. The molecular formula is C16H15FN2O3.